The van der Waals surface area contributed by atoms with Crippen molar-refractivity contribution in [1.29, 1.82) is 0 Å². The van der Waals surface area contributed by atoms with E-state index < -0.39 is 8.48 Å². The molecule has 1 N–H and O–H groups in total. The molecule has 58 valence electrons. The van der Waals surface area contributed by atoms with Crippen molar-refractivity contribution < 1.29 is 4.53 Å². The van der Waals surface area contributed by atoms with E-state index in [-0.39, 0.29) is 0 Å². The molecule has 0 aromatic carbocycles. The fraction of sp³-hybridized carbons (Fsp3) is 0.833. The van der Waals surface area contributed by atoms with Gasteiger partial charge in [-0.05, 0) is 19.0 Å². The largest absolute Gasteiger partial charge is 0.349 e. The van der Waals surface area contributed by atoms with Gasteiger partial charge in [0.05, 0.1) is 0 Å². The van der Waals surface area contributed by atoms with Crippen LogP contribution in [0, 0.1) is 0 Å². The number of nitrogens with zero attached hydrogens (tertiary/aromatic N) is 1. The minimum absolute atomic E-state index is 0.940. The van der Waals surface area contributed by atoms with E-state index in [9.17, 15) is 0 Å². The van der Waals surface area contributed by atoms with Gasteiger partial charge < -0.3 is 0 Å². The van der Waals surface area contributed by atoms with Crippen molar-refractivity contribution in [3.05, 3.63) is 0 Å². The van der Waals surface area contributed by atoms with E-state index in [0.717, 1.165) is 17.9 Å². The number of hydroxylamine groups is 1. The molecule has 0 atom stereocenters. The summed E-state index contributed by atoms with van der Waals surface area (Å²) in [5.41, 5.74) is 2.82. The molecule has 1 rings (SSSR count). The van der Waals surface area contributed by atoms with Gasteiger partial charge in [0.1, 0.15) is 5.84 Å². The summed E-state index contributed by atoms with van der Waals surface area (Å²) in [4.78, 5) is 0. The average molecular weight is 158 g/mol. The molecule has 1 aliphatic rings. The second kappa shape index (κ2) is 2.71. The maximum atomic E-state index is 5.44. The molecule has 3 nitrogen and oxygen atoms in total. The Balaban J connectivity index is 2.68. The molecule has 1 heterocycles. The topological polar surface area (TPSA) is 33.6 Å². The second-order valence-corrected chi connectivity index (χ2v) is 6.29. The van der Waals surface area contributed by atoms with E-state index >= 15 is 0 Å². The summed E-state index contributed by atoms with van der Waals surface area (Å²) in [6.45, 7) is 6.22. The van der Waals surface area contributed by atoms with Crippen LogP contribution in [-0.2, 0) is 4.53 Å². The Morgan fingerprint density at radius 3 is 2.30 bits per heavy atom. The van der Waals surface area contributed by atoms with Gasteiger partial charge in [-0.2, -0.15) is 0 Å². The molecule has 0 radical (unpaired) electrons. The van der Waals surface area contributed by atoms with Gasteiger partial charge in [0.25, 0.3) is 0 Å². The second-order valence-electron chi connectivity index (χ2n) is 2.55. The third-order valence-electron chi connectivity index (χ3n) is 1.87. The summed E-state index contributed by atoms with van der Waals surface area (Å²) in [7, 11) is -1.67. The van der Waals surface area contributed by atoms with Crippen LogP contribution in [0.1, 0.15) is 20.8 Å². The summed E-state index contributed by atoms with van der Waals surface area (Å²) in [5.74, 6) is 0.940. The zero-order chi connectivity index (χ0) is 7.61. The number of hydrogen-bond donors (Lipinski definition) is 1. The SMILES string of the molecule is CC[Si]1(CC)N=C(C)NO1. The number of rotatable bonds is 2. The Hall–Kier alpha value is -0.353. The van der Waals surface area contributed by atoms with E-state index in [2.05, 4.69) is 24.0 Å². The van der Waals surface area contributed by atoms with E-state index in [1.165, 1.54) is 0 Å². The molecule has 0 fully saturated rings. The lowest BCUT2D eigenvalue weighted by atomic mass is 10.7. The highest BCUT2D eigenvalue weighted by Crippen LogP contribution is 2.20. The van der Waals surface area contributed by atoms with E-state index in [4.69, 9.17) is 4.53 Å². The molecule has 4 heteroatoms. The normalized spacial score (nSPS) is 22.1. The highest BCUT2D eigenvalue weighted by atomic mass is 28.4. The molecule has 0 bridgehead atoms. The first-order valence-electron chi connectivity index (χ1n) is 3.73. The minimum Gasteiger partial charge on any atom is -0.293 e. The Kier molecular flexibility index (Phi) is 2.10. The quantitative estimate of drug-likeness (QED) is 0.617. The molecule has 0 saturated carbocycles. The highest BCUT2D eigenvalue weighted by Gasteiger charge is 2.36. The number of hydrogen-bond acceptors (Lipinski definition) is 3. The van der Waals surface area contributed by atoms with Crippen LogP contribution in [0.15, 0.2) is 4.66 Å². The summed E-state index contributed by atoms with van der Waals surface area (Å²) >= 11 is 0. The standard InChI is InChI=1S/C6H14N2OSi/c1-4-10(5-2)8-6(3)7-9-10/h4-5H2,1-3H3,(H,7,8). The highest BCUT2D eigenvalue weighted by molar-refractivity contribution is 6.73. The number of amidine groups is 1. The molecular formula is C6H14N2OSi. The monoisotopic (exact) mass is 158 g/mol. The van der Waals surface area contributed by atoms with Gasteiger partial charge in [-0.1, -0.05) is 13.8 Å². The van der Waals surface area contributed by atoms with Crippen molar-refractivity contribution in [2.24, 2.45) is 4.66 Å². The summed E-state index contributed by atoms with van der Waals surface area (Å²) in [5, 5.41) is 0. The van der Waals surface area contributed by atoms with Gasteiger partial charge >= 0.3 is 8.48 Å². The smallest absolute Gasteiger partial charge is 0.293 e. The van der Waals surface area contributed by atoms with Gasteiger partial charge in [-0.25, -0.2) is 0 Å². The van der Waals surface area contributed by atoms with Crippen LogP contribution in [-0.4, -0.2) is 14.3 Å². The van der Waals surface area contributed by atoms with Gasteiger partial charge in [-0.15, -0.1) is 0 Å². The lowest BCUT2D eigenvalue weighted by Crippen LogP contribution is -2.33. The first kappa shape index (κ1) is 7.75. The molecule has 0 aliphatic carbocycles. The molecular weight excluding hydrogens is 144 g/mol. The van der Waals surface area contributed by atoms with Crippen LogP contribution < -0.4 is 5.48 Å². The molecule has 0 saturated heterocycles. The van der Waals surface area contributed by atoms with E-state index in [1.807, 2.05) is 6.92 Å². The number of nitrogens with one attached hydrogen (secondary N) is 1. The Morgan fingerprint density at radius 2 is 2.10 bits per heavy atom. The predicted octanol–water partition coefficient (Wildman–Crippen LogP) is 1.42. The lowest BCUT2D eigenvalue weighted by molar-refractivity contribution is 0.259. The summed E-state index contributed by atoms with van der Waals surface area (Å²) < 4.78 is 9.92. The maximum absolute atomic E-state index is 5.44. The minimum atomic E-state index is -1.67. The van der Waals surface area contributed by atoms with E-state index in [1.54, 1.807) is 0 Å². The first-order valence-corrected chi connectivity index (χ1v) is 6.00. The summed E-state index contributed by atoms with van der Waals surface area (Å²) in [6.07, 6.45) is 0. The zero-order valence-corrected chi connectivity index (χ0v) is 7.77. The van der Waals surface area contributed by atoms with Gasteiger partial charge in [0.2, 0.25) is 0 Å². The van der Waals surface area contributed by atoms with Crippen molar-refractivity contribution in [3.8, 4) is 0 Å². The Morgan fingerprint density at radius 1 is 1.50 bits per heavy atom. The fourth-order valence-electron chi connectivity index (χ4n) is 1.07. The van der Waals surface area contributed by atoms with Gasteiger partial charge in [0, 0.05) is 0 Å². The Labute approximate surface area is 62.7 Å². The first-order chi connectivity index (χ1) is 4.72. The molecule has 0 amide bonds. The molecule has 1 aliphatic heterocycles. The van der Waals surface area contributed by atoms with Gasteiger partial charge in [0.15, 0.2) is 0 Å². The maximum Gasteiger partial charge on any atom is 0.349 e. The molecule has 10 heavy (non-hydrogen) atoms. The molecule has 0 aromatic rings. The fourth-order valence-corrected chi connectivity index (χ4v) is 3.22. The third kappa shape index (κ3) is 1.22. The van der Waals surface area contributed by atoms with E-state index in [0.29, 0.717) is 0 Å². The zero-order valence-electron chi connectivity index (χ0n) is 6.77. The van der Waals surface area contributed by atoms with Crippen LogP contribution in [0.5, 0.6) is 0 Å². The molecule has 0 unspecified atom stereocenters. The summed E-state index contributed by atoms with van der Waals surface area (Å²) in [6, 6.07) is 2.13. The van der Waals surface area contributed by atoms with Gasteiger partial charge in [-0.3, -0.25) is 14.7 Å². The third-order valence-corrected chi connectivity index (χ3v) is 5.30. The Bertz CT molecular complexity index is 154. The van der Waals surface area contributed by atoms with Crippen molar-refractivity contribution in [3.63, 3.8) is 0 Å². The molecule has 0 aromatic heterocycles. The van der Waals surface area contributed by atoms with Crippen molar-refractivity contribution >= 4 is 14.3 Å². The lowest BCUT2D eigenvalue weighted by Gasteiger charge is -2.15. The predicted molar refractivity (Wildman–Crippen MR) is 44.0 cm³/mol. The van der Waals surface area contributed by atoms with Crippen LogP contribution in [0.2, 0.25) is 12.1 Å². The van der Waals surface area contributed by atoms with Crippen molar-refractivity contribution in [1.82, 2.24) is 5.48 Å². The van der Waals surface area contributed by atoms with Crippen LogP contribution in [0.3, 0.4) is 0 Å². The van der Waals surface area contributed by atoms with Crippen LogP contribution in [0.4, 0.5) is 0 Å². The van der Waals surface area contributed by atoms with Crippen molar-refractivity contribution in [2.45, 2.75) is 32.9 Å². The average Bonchev–Trinajstić information content (AvgIpc) is 2.33. The van der Waals surface area contributed by atoms with Crippen LogP contribution in [0.25, 0.3) is 0 Å². The van der Waals surface area contributed by atoms with Crippen molar-refractivity contribution in [2.75, 3.05) is 0 Å². The van der Waals surface area contributed by atoms with Crippen LogP contribution >= 0.6 is 0 Å². The molecule has 0 spiro atoms.